The van der Waals surface area contributed by atoms with E-state index in [0.717, 1.165) is 0 Å². The van der Waals surface area contributed by atoms with Crippen molar-refractivity contribution in [3.63, 3.8) is 0 Å². The van der Waals surface area contributed by atoms with Crippen molar-refractivity contribution in [2.24, 2.45) is 0 Å². The minimum atomic E-state index is -0.394. The van der Waals surface area contributed by atoms with E-state index in [9.17, 15) is 4.79 Å². The normalized spacial score (nSPS) is 12.2. The van der Waals surface area contributed by atoms with Gasteiger partial charge in [-0.05, 0) is 20.8 Å². The highest BCUT2D eigenvalue weighted by molar-refractivity contribution is 5.86. The second-order valence-corrected chi connectivity index (χ2v) is 4.05. The lowest BCUT2D eigenvalue weighted by Crippen LogP contribution is -2.25. The van der Waals surface area contributed by atoms with Crippen LogP contribution in [0.1, 0.15) is 27.2 Å². The summed E-state index contributed by atoms with van der Waals surface area (Å²) in [5.74, 6) is -0.394. The Morgan fingerprint density at radius 2 is 1.74 bits per heavy atom. The van der Waals surface area contributed by atoms with Crippen LogP contribution >= 0.6 is 0 Å². The van der Waals surface area contributed by atoms with Gasteiger partial charge in [0.05, 0.1) is 19.3 Å². The molecule has 112 valence electrons. The summed E-state index contributed by atoms with van der Waals surface area (Å²) in [4.78, 5) is 11.3. The molecular weight excluding hydrogens is 248 g/mol. The van der Waals surface area contributed by atoms with Crippen LogP contribution in [0.25, 0.3) is 0 Å². The van der Waals surface area contributed by atoms with Crippen molar-refractivity contribution >= 4 is 5.97 Å². The molecule has 0 saturated carbocycles. The second kappa shape index (κ2) is 12.1. The van der Waals surface area contributed by atoms with Gasteiger partial charge in [-0.25, -0.2) is 4.79 Å². The molecule has 0 spiro atoms. The smallest absolute Gasteiger partial charge is 0.333 e. The highest BCUT2D eigenvalue weighted by Crippen LogP contribution is 2.03. The highest BCUT2D eigenvalue weighted by Gasteiger charge is 2.13. The predicted molar refractivity (Wildman–Crippen MR) is 73.1 cm³/mol. The molecule has 0 saturated heterocycles. The van der Waals surface area contributed by atoms with E-state index in [0.29, 0.717) is 45.0 Å². The van der Waals surface area contributed by atoms with Gasteiger partial charge in [0.2, 0.25) is 0 Å². The molecule has 0 aromatic heterocycles. The molecular formula is C14H26O5. The third kappa shape index (κ3) is 10.7. The third-order valence-electron chi connectivity index (χ3n) is 2.32. The molecule has 19 heavy (non-hydrogen) atoms. The fraction of sp³-hybridized carbons (Fsp3) is 0.786. The lowest BCUT2D eigenvalue weighted by atomic mass is 10.3. The summed E-state index contributed by atoms with van der Waals surface area (Å²) in [5, 5.41) is 0. The van der Waals surface area contributed by atoms with Gasteiger partial charge in [0.15, 0.2) is 0 Å². The molecule has 0 radical (unpaired) electrons. The van der Waals surface area contributed by atoms with Crippen molar-refractivity contribution in [3.05, 3.63) is 12.2 Å². The Hall–Kier alpha value is -0.910. The van der Waals surface area contributed by atoms with Gasteiger partial charge >= 0.3 is 5.97 Å². The molecule has 0 aliphatic heterocycles. The van der Waals surface area contributed by atoms with Crippen LogP contribution in [-0.4, -0.2) is 51.7 Å². The van der Waals surface area contributed by atoms with E-state index in [2.05, 4.69) is 6.58 Å². The Kier molecular flexibility index (Phi) is 11.6. The Bertz CT molecular complexity index is 252. The van der Waals surface area contributed by atoms with Gasteiger partial charge in [0.1, 0.15) is 6.61 Å². The molecule has 5 heteroatoms. The van der Waals surface area contributed by atoms with E-state index in [1.165, 1.54) is 0 Å². The van der Waals surface area contributed by atoms with E-state index < -0.39 is 5.97 Å². The Morgan fingerprint density at radius 3 is 2.32 bits per heavy atom. The number of hydrogen-bond acceptors (Lipinski definition) is 5. The van der Waals surface area contributed by atoms with Crippen molar-refractivity contribution in [1.29, 1.82) is 0 Å². The Morgan fingerprint density at radius 1 is 1.11 bits per heavy atom. The van der Waals surface area contributed by atoms with Gasteiger partial charge in [0, 0.05) is 31.8 Å². The fourth-order valence-corrected chi connectivity index (χ4v) is 1.28. The third-order valence-corrected chi connectivity index (χ3v) is 2.32. The molecule has 1 unspecified atom stereocenters. The lowest BCUT2D eigenvalue weighted by molar-refractivity contribution is -0.144. The number of carbonyl (C=O) groups excluding carboxylic acids is 1. The number of esters is 1. The maximum absolute atomic E-state index is 11.3. The first kappa shape index (κ1) is 18.1. The molecule has 0 N–H and O–H groups in total. The van der Waals surface area contributed by atoms with E-state index in [4.69, 9.17) is 18.9 Å². The molecule has 0 aliphatic carbocycles. The van der Waals surface area contributed by atoms with Gasteiger partial charge in [-0.2, -0.15) is 0 Å². The van der Waals surface area contributed by atoms with Gasteiger partial charge in [-0.3, -0.25) is 0 Å². The maximum Gasteiger partial charge on any atom is 0.333 e. The Labute approximate surface area is 115 Å². The summed E-state index contributed by atoms with van der Waals surface area (Å²) in [6.45, 7) is 12.2. The van der Waals surface area contributed by atoms with Crippen molar-refractivity contribution in [3.8, 4) is 0 Å². The van der Waals surface area contributed by atoms with Gasteiger partial charge in [-0.15, -0.1) is 0 Å². The van der Waals surface area contributed by atoms with Crippen molar-refractivity contribution in [1.82, 2.24) is 0 Å². The summed E-state index contributed by atoms with van der Waals surface area (Å²) in [6.07, 6.45) is 0.513. The summed E-state index contributed by atoms with van der Waals surface area (Å²) in [5.41, 5.74) is 0.387. The Balaban J connectivity index is 3.94. The zero-order valence-electron chi connectivity index (χ0n) is 12.3. The molecule has 0 fully saturated rings. The molecule has 0 aromatic rings. The average molecular weight is 274 g/mol. The first-order chi connectivity index (χ1) is 9.11. The zero-order chi connectivity index (χ0) is 14.5. The van der Waals surface area contributed by atoms with Crippen molar-refractivity contribution < 1.29 is 23.7 Å². The molecule has 0 bridgehead atoms. The van der Waals surface area contributed by atoms with Crippen LogP contribution < -0.4 is 0 Å². The summed E-state index contributed by atoms with van der Waals surface area (Å²) in [6, 6.07) is 0. The first-order valence-corrected chi connectivity index (χ1v) is 6.71. The molecule has 0 heterocycles. The standard InChI is InChI=1S/C14H26O5/c1-5-16-8-7-13(18-10-9-17-6-2)11-19-14(15)12(3)4/h13H,3,5-11H2,1-2,4H3. The van der Waals surface area contributed by atoms with Crippen molar-refractivity contribution in [2.75, 3.05) is 39.6 Å². The molecule has 5 nitrogen and oxygen atoms in total. The quantitative estimate of drug-likeness (QED) is 0.309. The van der Waals surface area contributed by atoms with Gasteiger partial charge < -0.3 is 18.9 Å². The van der Waals surface area contributed by atoms with E-state index in [1.807, 2.05) is 13.8 Å². The lowest BCUT2D eigenvalue weighted by Gasteiger charge is -2.18. The van der Waals surface area contributed by atoms with Gasteiger partial charge in [0.25, 0.3) is 0 Å². The van der Waals surface area contributed by atoms with Crippen LogP contribution in [0, 0.1) is 0 Å². The summed E-state index contributed by atoms with van der Waals surface area (Å²) in [7, 11) is 0. The molecule has 0 aromatic carbocycles. The average Bonchev–Trinajstić information content (AvgIpc) is 2.39. The number of hydrogen-bond donors (Lipinski definition) is 0. The highest BCUT2D eigenvalue weighted by atomic mass is 16.6. The maximum atomic E-state index is 11.3. The van der Waals surface area contributed by atoms with Crippen LogP contribution in [0.4, 0.5) is 0 Å². The van der Waals surface area contributed by atoms with Crippen molar-refractivity contribution in [2.45, 2.75) is 33.3 Å². The SMILES string of the molecule is C=C(C)C(=O)OCC(CCOCC)OCCOCC. The monoisotopic (exact) mass is 274 g/mol. The van der Waals surface area contributed by atoms with Crippen LogP contribution in [0.2, 0.25) is 0 Å². The predicted octanol–water partition coefficient (Wildman–Crippen LogP) is 1.95. The summed E-state index contributed by atoms with van der Waals surface area (Å²) >= 11 is 0. The second-order valence-electron chi connectivity index (χ2n) is 4.05. The molecule has 0 rings (SSSR count). The van der Waals surface area contributed by atoms with Crippen LogP contribution in [0.15, 0.2) is 12.2 Å². The van der Waals surface area contributed by atoms with Gasteiger partial charge in [-0.1, -0.05) is 6.58 Å². The molecule has 0 amide bonds. The number of ether oxygens (including phenoxy) is 4. The molecule has 0 aliphatic rings. The van der Waals surface area contributed by atoms with Crippen LogP contribution in [0.3, 0.4) is 0 Å². The molecule has 1 atom stereocenters. The minimum absolute atomic E-state index is 0.171. The number of carbonyl (C=O) groups is 1. The van der Waals surface area contributed by atoms with Crippen LogP contribution in [0.5, 0.6) is 0 Å². The van der Waals surface area contributed by atoms with E-state index in [-0.39, 0.29) is 12.7 Å². The first-order valence-electron chi connectivity index (χ1n) is 6.71. The fourth-order valence-electron chi connectivity index (χ4n) is 1.28. The van der Waals surface area contributed by atoms with Crippen LogP contribution in [-0.2, 0) is 23.7 Å². The zero-order valence-corrected chi connectivity index (χ0v) is 12.3. The topological polar surface area (TPSA) is 54.0 Å². The minimum Gasteiger partial charge on any atom is -0.460 e. The number of rotatable bonds is 12. The largest absolute Gasteiger partial charge is 0.460 e. The van der Waals surface area contributed by atoms with E-state index >= 15 is 0 Å². The summed E-state index contributed by atoms with van der Waals surface area (Å²) < 4.78 is 21.2. The van der Waals surface area contributed by atoms with E-state index in [1.54, 1.807) is 6.92 Å².